The molecule has 0 saturated heterocycles. The molecule has 0 unspecified atom stereocenters. The molecule has 6 heteroatoms. The van der Waals surface area contributed by atoms with Crippen LogP contribution in [0.2, 0.25) is 0 Å². The molecule has 3 rings (SSSR count). The molecule has 0 fully saturated rings. The number of nitrogens with one attached hydrogen (secondary N) is 1. The highest BCUT2D eigenvalue weighted by Crippen LogP contribution is 2.18. The number of hydrogen-bond acceptors (Lipinski definition) is 5. The van der Waals surface area contributed by atoms with E-state index in [9.17, 15) is 0 Å². The summed E-state index contributed by atoms with van der Waals surface area (Å²) in [5, 5.41) is 7.00. The fourth-order valence-electron chi connectivity index (χ4n) is 1.87. The van der Waals surface area contributed by atoms with Crippen LogP contribution >= 0.6 is 0 Å². The number of nitrogens with zero attached hydrogens (tertiary/aromatic N) is 4. The minimum Gasteiger partial charge on any atom is -0.318 e. The summed E-state index contributed by atoms with van der Waals surface area (Å²) in [6.07, 6.45) is 4.82. The van der Waals surface area contributed by atoms with Gasteiger partial charge in [0.1, 0.15) is 11.5 Å². The molecular formula is C14H14N6. The highest BCUT2D eigenvalue weighted by Gasteiger charge is 2.15. The normalized spacial score (nSPS) is 12.3. The maximum atomic E-state index is 6.19. The van der Waals surface area contributed by atoms with Crippen molar-refractivity contribution >= 4 is 0 Å². The fourth-order valence-corrected chi connectivity index (χ4v) is 1.87. The van der Waals surface area contributed by atoms with Gasteiger partial charge in [-0.3, -0.25) is 10.1 Å². The number of rotatable bonds is 3. The second kappa shape index (κ2) is 5.18. The zero-order valence-corrected chi connectivity index (χ0v) is 11.0. The standard InChI is InChI=1S/C14H14N6/c1-9-2-4-10(5-3-9)12(15)14-18-13(19-20-14)11-8-16-6-7-17-11/h2-8,12H,15H2,1H3,(H,18,19,20)/t12-/m0/s1. The lowest BCUT2D eigenvalue weighted by Gasteiger charge is -2.08. The van der Waals surface area contributed by atoms with Crippen LogP contribution in [-0.2, 0) is 0 Å². The molecular weight excluding hydrogens is 252 g/mol. The summed E-state index contributed by atoms with van der Waals surface area (Å²) in [4.78, 5) is 12.5. The zero-order chi connectivity index (χ0) is 13.9. The van der Waals surface area contributed by atoms with E-state index >= 15 is 0 Å². The third kappa shape index (κ3) is 2.41. The maximum absolute atomic E-state index is 6.19. The van der Waals surface area contributed by atoms with Gasteiger partial charge in [-0.05, 0) is 12.5 Å². The Bertz CT molecular complexity index is 689. The molecule has 0 saturated carbocycles. The number of aromatic amines is 1. The van der Waals surface area contributed by atoms with E-state index in [1.165, 1.54) is 5.56 Å². The van der Waals surface area contributed by atoms with E-state index in [4.69, 9.17) is 5.73 Å². The predicted octanol–water partition coefficient (Wildman–Crippen LogP) is 1.62. The summed E-state index contributed by atoms with van der Waals surface area (Å²) in [6.45, 7) is 2.04. The van der Waals surface area contributed by atoms with Crippen molar-refractivity contribution in [1.29, 1.82) is 0 Å². The van der Waals surface area contributed by atoms with Crippen LogP contribution < -0.4 is 5.73 Å². The smallest absolute Gasteiger partial charge is 0.201 e. The first kappa shape index (κ1) is 12.4. The first-order valence-electron chi connectivity index (χ1n) is 6.25. The Labute approximate surface area is 116 Å². The van der Waals surface area contributed by atoms with Crippen LogP contribution in [-0.4, -0.2) is 25.1 Å². The molecule has 2 heterocycles. The summed E-state index contributed by atoms with van der Waals surface area (Å²) >= 11 is 0. The van der Waals surface area contributed by atoms with E-state index < -0.39 is 0 Å². The fraction of sp³-hybridized carbons (Fsp3) is 0.143. The van der Waals surface area contributed by atoms with Crippen molar-refractivity contribution in [3.63, 3.8) is 0 Å². The predicted molar refractivity (Wildman–Crippen MR) is 74.6 cm³/mol. The minimum atomic E-state index is -0.339. The molecule has 20 heavy (non-hydrogen) atoms. The number of aromatic nitrogens is 5. The van der Waals surface area contributed by atoms with Gasteiger partial charge in [-0.2, -0.15) is 5.10 Å². The molecule has 100 valence electrons. The quantitative estimate of drug-likeness (QED) is 0.751. The molecule has 2 aromatic heterocycles. The second-order valence-corrected chi connectivity index (χ2v) is 4.52. The summed E-state index contributed by atoms with van der Waals surface area (Å²) in [5.41, 5.74) is 8.98. The molecule has 1 atom stereocenters. The first-order valence-corrected chi connectivity index (χ1v) is 6.25. The van der Waals surface area contributed by atoms with Gasteiger partial charge in [0.25, 0.3) is 0 Å². The van der Waals surface area contributed by atoms with Gasteiger partial charge in [-0.1, -0.05) is 29.8 Å². The van der Waals surface area contributed by atoms with Gasteiger partial charge in [0, 0.05) is 12.4 Å². The summed E-state index contributed by atoms with van der Waals surface area (Å²) in [7, 11) is 0. The highest BCUT2D eigenvalue weighted by atomic mass is 15.2. The average Bonchev–Trinajstić information content (AvgIpc) is 2.98. The van der Waals surface area contributed by atoms with Gasteiger partial charge in [-0.25, -0.2) is 9.97 Å². The zero-order valence-electron chi connectivity index (χ0n) is 11.0. The van der Waals surface area contributed by atoms with Crippen LogP contribution in [0.25, 0.3) is 11.5 Å². The topological polar surface area (TPSA) is 93.4 Å². The van der Waals surface area contributed by atoms with Crippen LogP contribution in [0.3, 0.4) is 0 Å². The Morgan fingerprint density at radius 3 is 2.65 bits per heavy atom. The lowest BCUT2D eigenvalue weighted by atomic mass is 10.1. The summed E-state index contributed by atoms with van der Waals surface area (Å²) < 4.78 is 0. The van der Waals surface area contributed by atoms with E-state index in [1.807, 2.05) is 31.2 Å². The van der Waals surface area contributed by atoms with E-state index in [-0.39, 0.29) is 6.04 Å². The maximum Gasteiger partial charge on any atom is 0.201 e. The average molecular weight is 266 g/mol. The Hall–Kier alpha value is -2.60. The molecule has 0 amide bonds. The van der Waals surface area contributed by atoms with E-state index in [0.717, 1.165) is 5.56 Å². The molecule has 0 aliphatic rings. The van der Waals surface area contributed by atoms with Crippen LogP contribution in [0.5, 0.6) is 0 Å². The van der Waals surface area contributed by atoms with Crippen molar-refractivity contribution < 1.29 is 0 Å². The number of benzene rings is 1. The molecule has 0 aliphatic carbocycles. The van der Waals surface area contributed by atoms with E-state index in [0.29, 0.717) is 17.3 Å². The van der Waals surface area contributed by atoms with Gasteiger partial charge in [-0.15, -0.1) is 0 Å². The summed E-state index contributed by atoms with van der Waals surface area (Å²) in [5.74, 6) is 1.10. The molecule has 0 radical (unpaired) electrons. The molecule has 3 N–H and O–H groups in total. The van der Waals surface area contributed by atoms with Gasteiger partial charge >= 0.3 is 0 Å². The van der Waals surface area contributed by atoms with Gasteiger partial charge in [0.15, 0.2) is 0 Å². The lowest BCUT2D eigenvalue weighted by molar-refractivity contribution is 0.787. The van der Waals surface area contributed by atoms with Crippen molar-refractivity contribution in [2.75, 3.05) is 0 Å². The molecule has 0 spiro atoms. The van der Waals surface area contributed by atoms with Crippen LogP contribution in [0.1, 0.15) is 23.0 Å². The summed E-state index contributed by atoms with van der Waals surface area (Å²) in [6, 6.07) is 7.69. The number of nitrogens with two attached hydrogens (primary N) is 1. The third-order valence-corrected chi connectivity index (χ3v) is 3.03. The number of aryl methyl sites for hydroxylation is 1. The van der Waals surface area contributed by atoms with Crippen molar-refractivity contribution in [3.8, 4) is 11.5 Å². The van der Waals surface area contributed by atoms with Crippen LogP contribution in [0.15, 0.2) is 42.9 Å². The van der Waals surface area contributed by atoms with Crippen LogP contribution in [0, 0.1) is 6.92 Å². The second-order valence-electron chi connectivity index (χ2n) is 4.52. The van der Waals surface area contributed by atoms with Gasteiger partial charge in [0.05, 0.1) is 12.2 Å². The Morgan fingerprint density at radius 1 is 1.15 bits per heavy atom. The Morgan fingerprint density at radius 2 is 1.95 bits per heavy atom. The molecule has 1 aromatic carbocycles. The Kier molecular flexibility index (Phi) is 3.22. The van der Waals surface area contributed by atoms with Crippen molar-refractivity contribution in [1.82, 2.24) is 25.1 Å². The SMILES string of the molecule is Cc1ccc([C@H](N)c2nc(-c3cnccn3)n[nH]2)cc1. The number of H-pyrrole nitrogens is 1. The third-order valence-electron chi connectivity index (χ3n) is 3.03. The van der Waals surface area contributed by atoms with Crippen LogP contribution in [0.4, 0.5) is 0 Å². The Balaban J connectivity index is 1.88. The van der Waals surface area contributed by atoms with Crippen molar-refractivity contribution in [3.05, 3.63) is 59.8 Å². The molecule has 0 aliphatic heterocycles. The molecule has 6 nitrogen and oxygen atoms in total. The van der Waals surface area contributed by atoms with Crippen molar-refractivity contribution in [2.45, 2.75) is 13.0 Å². The first-order chi connectivity index (χ1) is 9.74. The van der Waals surface area contributed by atoms with E-state index in [1.54, 1.807) is 18.6 Å². The highest BCUT2D eigenvalue weighted by molar-refractivity contribution is 5.46. The molecule has 3 aromatic rings. The monoisotopic (exact) mass is 266 g/mol. The van der Waals surface area contributed by atoms with Crippen molar-refractivity contribution in [2.24, 2.45) is 5.73 Å². The van der Waals surface area contributed by atoms with Gasteiger partial charge < -0.3 is 5.73 Å². The minimum absolute atomic E-state index is 0.339. The van der Waals surface area contributed by atoms with E-state index in [2.05, 4.69) is 25.1 Å². The van der Waals surface area contributed by atoms with Gasteiger partial charge in [0.2, 0.25) is 5.82 Å². The molecule has 0 bridgehead atoms. The number of hydrogen-bond donors (Lipinski definition) is 2. The lowest BCUT2D eigenvalue weighted by Crippen LogP contribution is -2.13. The largest absolute Gasteiger partial charge is 0.318 e.